The first-order chi connectivity index (χ1) is 10.5. The Morgan fingerprint density at radius 2 is 1.41 bits per heavy atom. The number of fused-ring (bicyclic) bond motifs is 1. The molecule has 1 N–H and O–H groups in total. The minimum absolute atomic E-state index is 0.176. The lowest BCUT2D eigenvalue weighted by molar-refractivity contribution is 0.0666. The number of carbonyl (C=O) groups is 2. The fourth-order valence-electron chi connectivity index (χ4n) is 2.70. The average molecular weight is 294 g/mol. The van der Waals surface area contributed by atoms with Crippen LogP contribution in [0.2, 0.25) is 0 Å². The van der Waals surface area contributed by atoms with Gasteiger partial charge >= 0.3 is 0 Å². The summed E-state index contributed by atoms with van der Waals surface area (Å²) in [6.45, 7) is 6.30. The molecule has 0 saturated heterocycles. The predicted octanol–water partition coefficient (Wildman–Crippen LogP) is 3.28. The molecular formula is C18H18N2O2. The molecule has 2 aromatic rings. The highest BCUT2D eigenvalue weighted by Crippen LogP contribution is 2.24. The van der Waals surface area contributed by atoms with E-state index in [1.807, 2.05) is 19.9 Å². The van der Waals surface area contributed by atoms with Crippen molar-refractivity contribution in [2.24, 2.45) is 0 Å². The molecule has 0 aromatic heterocycles. The van der Waals surface area contributed by atoms with Crippen LogP contribution in [0.15, 0.2) is 36.4 Å². The summed E-state index contributed by atoms with van der Waals surface area (Å²) in [6.07, 6.45) is 0. The van der Waals surface area contributed by atoms with Crippen LogP contribution in [0.1, 0.15) is 37.4 Å². The Labute approximate surface area is 129 Å². The van der Waals surface area contributed by atoms with Crippen molar-refractivity contribution >= 4 is 17.5 Å². The van der Waals surface area contributed by atoms with Gasteiger partial charge in [0.15, 0.2) is 0 Å². The number of nitrogens with one attached hydrogen (secondary N) is 1. The number of hydrogen-bond acceptors (Lipinski definition) is 3. The third kappa shape index (κ3) is 2.26. The molecule has 1 aliphatic heterocycles. The van der Waals surface area contributed by atoms with Crippen molar-refractivity contribution in [3.05, 3.63) is 64.2 Å². The molecule has 0 saturated carbocycles. The zero-order valence-corrected chi connectivity index (χ0v) is 12.9. The number of rotatable bonds is 3. The van der Waals surface area contributed by atoms with Crippen molar-refractivity contribution in [2.45, 2.75) is 20.8 Å². The number of aryl methyl sites for hydroxylation is 3. The molecule has 1 aliphatic rings. The van der Waals surface area contributed by atoms with E-state index >= 15 is 0 Å². The van der Waals surface area contributed by atoms with Gasteiger partial charge in [-0.2, -0.15) is 0 Å². The molecule has 2 aromatic carbocycles. The lowest BCUT2D eigenvalue weighted by Crippen LogP contribution is -2.34. The third-order valence-corrected chi connectivity index (χ3v) is 4.15. The maximum atomic E-state index is 12.3. The number of benzene rings is 2. The van der Waals surface area contributed by atoms with Gasteiger partial charge in [0, 0.05) is 5.69 Å². The van der Waals surface area contributed by atoms with Crippen LogP contribution in [0.5, 0.6) is 0 Å². The first-order valence-corrected chi connectivity index (χ1v) is 7.26. The van der Waals surface area contributed by atoms with Gasteiger partial charge in [0.05, 0.1) is 17.8 Å². The summed E-state index contributed by atoms with van der Waals surface area (Å²) in [5.41, 5.74) is 5.40. The SMILES string of the molecule is Cc1cc(C)c(NCN2C(=O)c3ccccc3C2=O)cc1C. The first-order valence-electron chi connectivity index (χ1n) is 7.26. The highest BCUT2D eigenvalue weighted by Gasteiger charge is 2.34. The molecule has 1 heterocycles. The Kier molecular flexibility index (Phi) is 3.45. The number of nitrogens with zero attached hydrogens (tertiary/aromatic N) is 1. The van der Waals surface area contributed by atoms with E-state index in [0.29, 0.717) is 11.1 Å². The fraction of sp³-hybridized carbons (Fsp3) is 0.222. The normalized spacial score (nSPS) is 13.5. The average Bonchev–Trinajstić information content (AvgIpc) is 2.74. The molecule has 0 bridgehead atoms. The summed E-state index contributed by atoms with van der Waals surface area (Å²) in [7, 11) is 0. The molecule has 0 atom stereocenters. The van der Waals surface area contributed by atoms with E-state index in [2.05, 4.69) is 18.3 Å². The summed E-state index contributed by atoms with van der Waals surface area (Å²) in [4.78, 5) is 25.8. The lowest BCUT2D eigenvalue weighted by atomic mass is 10.1. The zero-order chi connectivity index (χ0) is 15.9. The van der Waals surface area contributed by atoms with E-state index in [4.69, 9.17) is 0 Å². The molecular weight excluding hydrogens is 276 g/mol. The Morgan fingerprint density at radius 3 is 2.00 bits per heavy atom. The molecule has 22 heavy (non-hydrogen) atoms. The monoisotopic (exact) mass is 294 g/mol. The molecule has 0 aliphatic carbocycles. The van der Waals surface area contributed by atoms with Crippen molar-refractivity contribution in [2.75, 3.05) is 12.0 Å². The Balaban J connectivity index is 1.80. The second-order valence-electron chi connectivity index (χ2n) is 5.67. The minimum Gasteiger partial charge on any atom is -0.367 e. The van der Waals surface area contributed by atoms with Crippen LogP contribution in [0.4, 0.5) is 5.69 Å². The predicted molar refractivity (Wildman–Crippen MR) is 86.1 cm³/mol. The van der Waals surface area contributed by atoms with E-state index in [1.54, 1.807) is 24.3 Å². The van der Waals surface area contributed by atoms with Crippen LogP contribution >= 0.6 is 0 Å². The molecule has 3 rings (SSSR count). The summed E-state index contributed by atoms with van der Waals surface area (Å²) in [6, 6.07) is 11.1. The van der Waals surface area contributed by atoms with Gasteiger partial charge < -0.3 is 5.32 Å². The van der Waals surface area contributed by atoms with Crippen molar-refractivity contribution in [3.8, 4) is 0 Å². The number of imide groups is 1. The third-order valence-electron chi connectivity index (χ3n) is 4.15. The van der Waals surface area contributed by atoms with Crippen LogP contribution in [0.25, 0.3) is 0 Å². The van der Waals surface area contributed by atoms with Crippen molar-refractivity contribution in [1.82, 2.24) is 4.90 Å². The van der Waals surface area contributed by atoms with Gasteiger partial charge in [-0.15, -0.1) is 0 Å². The highest BCUT2D eigenvalue weighted by molar-refractivity contribution is 6.21. The fourth-order valence-corrected chi connectivity index (χ4v) is 2.70. The maximum Gasteiger partial charge on any atom is 0.263 e. The van der Waals surface area contributed by atoms with Crippen molar-refractivity contribution in [1.29, 1.82) is 0 Å². The van der Waals surface area contributed by atoms with Gasteiger partial charge in [0.2, 0.25) is 0 Å². The van der Waals surface area contributed by atoms with Gasteiger partial charge in [-0.05, 0) is 55.7 Å². The molecule has 2 amide bonds. The Morgan fingerprint density at radius 1 is 0.864 bits per heavy atom. The first kappa shape index (κ1) is 14.3. The zero-order valence-electron chi connectivity index (χ0n) is 12.9. The van der Waals surface area contributed by atoms with Gasteiger partial charge in [0.25, 0.3) is 11.8 Å². The summed E-state index contributed by atoms with van der Waals surface area (Å²) < 4.78 is 0. The number of carbonyl (C=O) groups excluding carboxylic acids is 2. The van der Waals surface area contributed by atoms with E-state index in [9.17, 15) is 9.59 Å². The van der Waals surface area contributed by atoms with Crippen LogP contribution in [-0.2, 0) is 0 Å². The molecule has 4 nitrogen and oxygen atoms in total. The molecule has 0 fully saturated rings. The summed E-state index contributed by atoms with van der Waals surface area (Å²) in [5, 5.41) is 3.20. The molecule has 0 radical (unpaired) electrons. The van der Waals surface area contributed by atoms with E-state index in [-0.39, 0.29) is 18.5 Å². The maximum absolute atomic E-state index is 12.3. The second-order valence-corrected chi connectivity index (χ2v) is 5.67. The molecule has 0 spiro atoms. The lowest BCUT2D eigenvalue weighted by Gasteiger charge is -2.18. The van der Waals surface area contributed by atoms with Gasteiger partial charge in [-0.25, -0.2) is 0 Å². The Hall–Kier alpha value is -2.62. The van der Waals surface area contributed by atoms with Crippen LogP contribution < -0.4 is 5.32 Å². The van der Waals surface area contributed by atoms with Gasteiger partial charge in [-0.1, -0.05) is 18.2 Å². The summed E-state index contributed by atoms with van der Waals surface area (Å²) >= 11 is 0. The van der Waals surface area contributed by atoms with E-state index in [1.165, 1.54) is 16.0 Å². The molecule has 0 unspecified atom stereocenters. The second kappa shape index (κ2) is 5.30. The standard InChI is InChI=1S/C18H18N2O2/c1-11-8-13(3)16(9-12(11)2)19-10-20-17(21)14-6-4-5-7-15(14)18(20)22/h4-9,19H,10H2,1-3H3. The number of amides is 2. The van der Waals surface area contributed by atoms with Crippen molar-refractivity contribution in [3.63, 3.8) is 0 Å². The quantitative estimate of drug-likeness (QED) is 0.884. The largest absolute Gasteiger partial charge is 0.367 e. The van der Waals surface area contributed by atoms with Crippen LogP contribution in [-0.4, -0.2) is 23.4 Å². The van der Waals surface area contributed by atoms with Crippen LogP contribution in [0, 0.1) is 20.8 Å². The Bertz CT molecular complexity index is 746. The van der Waals surface area contributed by atoms with Gasteiger partial charge in [-0.3, -0.25) is 14.5 Å². The topological polar surface area (TPSA) is 49.4 Å². The molecule has 112 valence electrons. The highest BCUT2D eigenvalue weighted by atomic mass is 16.2. The molecule has 4 heteroatoms. The smallest absolute Gasteiger partial charge is 0.263 e. The van der Waals surface area contributed by atoms with Crippen molar-refractivity contribution < 1.29 is 9.59 Å². The van der Waals surface area contributed by atoms with E-state index in [0.717, 1.165) is 11.3 Å². The van der Waals surface area contributed by atoms with E-state index < -0.39 is 0 Å². The number of hydrogen-bond donors (Lipinski definition) is 1. The summed E-state index contributed by atoms with van der Waals surface area (Å²) in [5.74, 6) is -0.482. The number of anilines is 1. The van der Waals surface area contributed by atoms with Gasteiger partial charge in [0.1, 0.15) is 0 Å². The van der Waals surface area contributed by atoms with Crippen LogP contribution in [0.3, 0.4) is 0 Å². The minimum atomic E-state index is -0.241.